The molecule has 0 bridgehead atoms. The van der Waals surface area contributed by atoms with Crippen LogP contribution in [0.2, 0.25) is 0 Å². The summed E-state index contributed by atoms with van der Waals surface area (Å²) in [6, 6.07) is 3.66. The van der Waals surface area contributed by atoms with Crippen molar-refractivity contribution in [1.29, 1.82) is 0 Å². The number of thiocarbonyl (C=S) groups is 1. The van der Waals surface area contributed by atoms with Crippen molar-refractivity contribution < 1.29 is 14.6 Å². The summed E-state index contributed by atoms with van der Waals surface area (Å²) in [6.07, 6.45) is 4.15. The molecule has 32 heavy (non-hydrogen) atoms. The van der Waals surface area contributed by atoms with Crippen LogP contribution in [0.3, 0.4) is 0 Å². The van der Waals surface area contributed by atoms with Gasteiger partial charge in [-0.15, -0.1) is 0 Å². The lowest BCUT2D eigenvalue weighted by Crippen LogP contribution is -2.29. The van der Waals surface area contributed by atoms with Crippen molar-refractivity contribution in [3.8, 4) is 0 Å². The molecular weight excluding hydrogens is 448 g/mol. The number of nitrogens with one attached hydrogen (secondary N) is 1. The number of hydrogen-bond acceptors (Lipinski definition) is 8. The van der Waals surface area contributed by atoms with Crippen LogP contribution in [0, 0.1) is 12.8 Å². The quantitative estimate of drug-likeness (QED) is 0.307. The number of aliphatic hydroxyl groups excluding tert-OH is 1. The minimum Gasteiger partial charge on any atom is -0.394 e. The molecule has 1 amide bonds. The van der Waals surface area contributed by atoms with Gasteiger partial charge in [0.25, 0.3) is 11.5 Å². The van der Waals surface area contributed by atoms with E-state index in [0.717, 1.165) is 12.0 Å². The van der Waals surface area contributed by atoms with E-state index in [2.05, 4.69) is 24.1 Å². The second kappa shape index (κ2) is 11.0. The van der Waals surface area contributed by atoms with Crippen molar-refractivity contribution in [2.24, 2.45) is 5.92 Å². The molecule has 8 nitrogen and oxygen atoms in total. The molecule has 2 N–H and O–H groups in total. The van der Waals surface area contributed by atoms with Gasteiger partial charge in [0.15, 0.2) is 0 Å². The second-order valence-electron chi connectivity index (χ2n) is 7.89. The molecule has 1 aliphatic heterocycles. The number of hydrogen-bond donors (Lipinski definition) is 2. The van der Waals surface area contributed by atoms with Gasteiger partial charge >= 0.3 is 0 Å². The number of carbonyl (C=O) groups excluding carboxylic acids is 1. The number of aliphatic hydroxyl groups is 1. The predicted octanol–water partition coefficient (Wildman–Crippen LogP) is 2.67. The zero-order valence-corrected chi connectivity index (χ0v) is 20.1. The van der Waals surface area contributed by atoms with Crippen molar-refractivity contribution in [3.05, 3.63) is 44.7 Å². The van der Waals surface area contributed by atoms with Crippen LogP contribution in [0.15, 0.2) is 28.0 Å². The molecule has 2 aromatic rings. The number of thioether (sulfide) groups is 1. The molecule has 0 spiro atoms. The smallest absolute Gasteiger partial charge is 0.267 e. The number of fused-ring (bicyclic) bond motifs is 1. The zero-order valence-electron chi connectivity index (χ0n) is 18.5. The van der Waals surface area contributed by atoms with Gasteiger partial charge in [-0.2, -0.15) is 0 Å². The van der Waals surface area contributed by atoms with Crippen LogP contribution in [-0.2, 0) is 9.53 Å². The zero-order chi connectivity index (χ0) is 23.3. The minimum atomic E-state index is -0.273. The summed E-state index contributed by atoms with van der Waals surface area (Å²) in [5.41, 5.74) is 1.44. The van der Waals surface area contributed by atoms with E-state index in [1.807, 2.05) is 13.0 Å². The Morgan fingerprint density at radius 1 is 1.31 bits per heavy atom. The third kappa shape index (κ3) is 5.74. The Labute approximate surface area is 196 Å². The van der Waals surface area contributed by atoms with Gasteiger partial charge in [0.05, 0.1) is 30.3 Å². The standard InChI is InChI=1S/C22H28N4O4S2/c1-14(2)6-8-25-21(29)17(32-22(25)31)12-16-19(23-7-10-30-11-9-27)24-18-5-4-15(3)13-26(18)20(16)28/h4-5,12-14,23,27H,6-11H2,1-3H3. The highest BCUT2D eigenvalue weighted by atomic mass is 32.2. The number of amides is 1. The van der Waals surface area contributed by atoms with E-state index in [9.17, 15) is 9.59 Å². The van der Waals surface area contributed by atoms with Crippen molar-refractivity contribution in [1.82, 2.24) is 14.3 Å². The Hall–Kier alpha value is -2.27. The van der Waals surface area contributed by atoms with Gasteiger partial charge in [0.1, 0.15) is 15.8 Å². The maximum absolute atomic E-state index is 13.3. The Morgan fingerprint density at radius 3 is 2.81 bits per heavy atom. The summed E-state index contributed by atoms with van der Waals surface area (Å²) in [5.74, 6) is 0.635. The van der Waals surface area contributed by atoms with Crippen LogP contribution in [0.5, 0.6) is 0 Å². The first-order chi connectivity index (χ1) is 15.3. The van der Waals surface area contributed by atoms with Crippen LogP contribution in [0.4, 0.5) is 5.82 Å². The Kier molecular flexibility index (Phi) is 8.41. The molecule has 0 radical (unpaired) electrons. The first-order valence-corrected chi connectivity index (χ1v) is 11.7. The molecule has 10 heteroatoms. The number of rotatable bonds is 10. The lowest BCUT2D eigenvalue weighted by atomic mass is 10.1. The molecule has 0 saturated carbocycles. The number of anilines is 1. The SMILES string of the molecule is Cc1ccc2nc(NCCOCCO)c(C=C3SC(=S)N(CCC(C)C)C3=O)c(=O)n2c1. The Balaban J connectivity index is 1.97. The number of aromatic nitrogens is 2. The summed E-state index contributed by atoms with van der Waals surface area (Å²) in [7, 11) is 0. The lowest BCUT2D eigenvalue weighted by molar-refractivity contribution is -0.122. The van der Waals surface area contributed by atoms with Crippen molar-refractivity contribution in [3.63, 3.8) is 0 Å². The highest BCUT2D eigenvalue weighted by Crippen LogP contribution is 2.33. The van der Waals surface area contributed by atoms with E-state index in [0.29, 0.717) is 51.9 Å². The maximum atomic E-state index is 13.3. The summed E-state index contributed by atoms with van der Waals surface area (Å²) in [6.45, 7) is 7.56. The average Bonchev–Trinajstić information content (AvgIpc) is 3.01. The minimum absolute atomic E-state index is 0.0567. The molecule has 0 aromatic carbocycles. The van der Waals surface area contributed by atoms with Crippen LogP contribution >= 0.6 is 24.0 Å². The Morgan fingerprint density at radius 2 is 2.09 bits per heavy atom. The fourth-order valence-electron chi connectivity index (χ4n) is 3.14. The fourth-order valence-corrected chi connectivity index (χ4v) is 4.43. The van der Waals surface area contributed by atoms with Crippen molar-refractivity contribution >= 4 is 51.7 Å². The fraction of sp³-hybridized carbons (Fsp3) is 0.455. The van der Waals surface area contributed by atoms with Crippen LogP contribution < -0.4 is 10.9 Å². The molecule has 1 fully saturated rings. The normalized spacial score (nSPS) is 15.5. The average molecular weight is 477 g/mol. The van der Waals surface area contributed by atoms with E-state index in [-0.39, 0.29) is 24.7 Å². The van der Waals surface area contributed by atoms with Crippen molar-refractivity contribution in [2.45, 2.75) is 27.2 Å². The molecule has 1 aliphatic rings. The van der Waals surface area contributed by atoms with Crippen molar-refractivity contribution in [2.75, 3.05) is 38.2 Å². The van der Waals surface area contributed by atoms with Crippen LogP contribution in [-0.4, -0.2) is 62.5 Å². The van der Waals surface area contributed by atoms with Crippen LogP contribution in [0.25, 0.3) is 11.7 Å². The van der Waals surface area contributed by atoms with E-state index in [1.54, 1.807) is 23.2 Å². The number of carbonyl (C=O) groups is 1. The Bertz CT molecular complexity index is 1100. The number of ether oxygens (including phenoxy) is 1. The molecule has 0 aliphatic carbocycles. The molecule has 2 aromatic heterocycles. The second-order valence-corrected chi connectivity index (χ2v) is 9.57. The van der Waals surface area contributed by atoms with Gasteiger partial charge in [0.2, 0.25) is 0 Å². The van der Waals surface area contributed by atoms with E-state index >= 15 is 0 Å². The summed E-state index contributed by atoms with van der Waals surface area (Å²) < 4.78 is 7.26. The summed E-state index contributed by atoms with van der Waals surface area (Å²) in [5, 5.41) is 12.0. The number of nitrogens with zero attached hydrogens (tertiary/aromatic N) is 3. The summed E-state index contributed by atoms with van der Waals surface area (Å²) >= 11 is 6.61. The summed E-state index contributed by atoms with van der Waals surface area (Å²) in [4.78, 5) is 32.9. The molecular formula is C22H28N4O4S2. The van der Waals surface area contributed by atoms with E-state index < -0.39 is 0 Å². The lowest BCUT2D eigenvalue weighted by Gasteiger charge is -2.15. The maximum Gasteiger partial charge on any atom is 0.267 e. The first kappa shape index (κ1) is 24.4. The van der Waals surface area contributed by atoms with Gasteiger partial charge in [-0.05, 0) is 37.0 Å². The predicted molar refractivity (Wildman–Crippen MR) is 132 cm³/mol. The molecule has 3 rings (SSSR count). The number of pyridine rings is 1. The topological polar surface area (TPSA) is 96.2 Å². The monoisotopic (exact) mass is 476 g/mol. The molecule has 172 valence electrons. The van der Waals surface area contributed by atoms with Gasteiger partial charge in [-0.1, -0.05) is 43.9 Å². The van der Waals surface area contributed by atoms with Gasteiger partial charge in [-0.3, -0.25) is 18.9 Å². The third-order valence-corrected chi connectivity index (χ3v) is 6.24. The van der Waals surface area contributed by atoms with Crippen LogP contribution in [0.1, 0.15) is 31.4 Å². The first-order valence-electron chi connectivity index (χ1n) is 10.5. The van der Waals surface area contributed by atoms with Gasteiger partial charge in [-0.25, -0.2) is 4.98 Å². The van der Waals surface area contributed by atoms with E-state index in [4.69, 9.17) is 22.1 Å². The highest BCUT2D eigenvalue weighted by molar-refractivity contribution is 8.26. The van der Waals surface area contributed by atoms with E-state index in [1.165, 1.54) is 16.2 Å². The molecule has 1 saturated heterocycles. The highest BCUT2D eigenvalue weighted by Gasteiger charge is 2.32. The largest absolute Gasteiger partial charge is 0.394 e. The molecule has 0 unspecified atom stereocenters. The van der Waals surface area contributed by atoms with Gasteiger partial charge < -0.3 is 15.2 Å². The third-order valence-electron chi connectivity index (χ3n) is 4.86. The van der Waals surface area contributed by atoms with Gasteiger partial charge in [0, 0.05) is 19.3 Å². The molecule has 0 atom stereocenters. The number of aryl methyl sites for hydroxylation is 1. The molecule has 3 heterocycles.